The zero-order valence-corrected chi connectivity index (χ0v) is 12.2. The Labute approximate surface area is 115 Å². The van der Waals surface area contributed by atoms with E-state index in [0.717, 1.165) is 15.6 Å². The fourth-order valence-electron chi connectivity index (χ4n) is 1.58. The first-order chi connectivity index (χ1) is 8.32. The summed E-state index contributed by atoms with van der Waals surface area (Å²) in [6, 6.07) is 3.71. The Hall–Kier alpha value is -1.36. The van der Waals surface area contributed by atoms with Crippen LogP contribution in [0.4, 0.5) is 0 Å². The SMILES string of the molecule is Cc1cc(C(=O)N(C)CCC(=O)O)c(C)cc1Br. The molecule has 1 aromatic rings. The monoisotopic (exact) mass is 313 g/mol. The molecule has 98 valence electrons. The van der Waals surface area contributed by atoms with E-state index in [0.29, 0.717) is 5.56 Å². The number of benzene rings is 1. The minimum atomic E-state index is -0.904. The second-order valence-corrected chi connectivity index (χ2v) is 5.14. The first kappa shape index (κ1) is 14.7. The molecule has 0 radical (unpaired) electrons. The highest BCUT2D eigenvalue weighted by molar-refractivity contribution is 9.10. The van der Waals surface area contributed by atoms with Gasteiger partial charge in [0.1, 0.15) is 0 Å². The average molecular weight is 314 g/mol. The highest BCUT2D eigenvalue weighted by Crippen LogP contribution is 2.21. The topological polar surface area (TPSA) is 57.6 Å². The maximum Gasteiger partial charge on any atom is 0.305 e. The number of amides is 1. The van der Waals surface area contributed by atoms with E-state index in [1.807, 2.05) is 26.0 Å². The molecule has 1 aromatic carbocycles. The molecule has 18 heavy (non-hydrogen) atoms. The molecule has 1 N–H and O–H groups in total. The fourth-order valence-corrected chi connectivity index (χ4v) is 2.04. The van der Waals surface area contributed by atoms with Crippen LogP contribution in [0.15, 0.2) is 16.6 Å². The third kappa shape index (κ3) is 3.57. The molecule has 0 atom stereocenters. The summed E-state index contributed by atoms with van der Waals surface area (Å²) < 4.78 is 0.963. The number of halogens is 1. The number of hydrogen-bond acceptors (Lipinski definition) is 2. The number of aryl methyl sites for hydroxylation is 2. The molecule has 5 heteroatoms. The molecule has 0 spiro atoms. The van der Waals surface area contributed by atoms with Crippen LogP contribution in [0.25, 0.3) is 0 Å². The summed E-state index contributed by atoms with van der Waals surface area (Å²) in [4.78, 5) is 24.1. The van der Waals surface area contributed by atoms with Gasteiger partial charge in [-0.25, -0.2) is 0 Å². The Morgan fingerprint density at radius 1 is 1.28 bits per heavy atom. The molecular weight excluding hydrogens is 298 g/mol. The smallest absolute Gasteiger partial charge is 0.305 e. The Morgan fingerprint density at radius 2 is 1.89 bits per heavy atom. The van der Waals surface area contributed by atoms with Crippen molar-refractivity contribution >= 4 is 27.8 Å². The van der Waals surface area contributed by atoms with Crippen LogP contribution >= 0.6 is 15.9 Å². The van der Waals surface area contributed by atoms with E-state index >= 15 is 0 Å². The van der Waals surface area contributed by atoms with Crippen LogP contribution in [-0.4, -0.2) is 35.5 Å². The molecule has 0 heterocycles. The van der Waals surface area contributed by atoms with Crippen molar-refractivity contribution in [1.29, 1.82) is 0 Å². The maximum absolute atomic E-state index is 12.2. The van der Waals surface area contributed by atoms with Crippen molar-refractivity contribution in [3.8, 4) is 0 Å². The number of carbonyl (C=O) groups excluding carboxylic acids is 1. The van der Waals surface area contributed by atoms with E-state index in [-0.39, 0.29) is 18.9 Å². The van der Waals surface area contributed by atoms with Crippen LogP contribution in [0, 0.1) is 13.8 Å². The van der Waals surface area contributed by atoms with Gasteiger partial charge in [0, 0.05) is 23.6 Å². The predicted octanol–water partition coefficient (Wildman–Crippen LogP) is 2.61. The summed E-state index contributed by atoms with van der Waals surface area (Å²) in [5.74, 6) is -1.05. The quantitative estimate of drug-likeness (QED) is 0.929. The van der Waals surface area contributed by atoms with Crippen molar-refractivity contribution in [2.45, 2.75) is 20.3 Å². The number of carboxylic acid groups (broad SMARTS) is 1. The van der Waals surface area contributed by atoms with E-state index in [2.05, 4.69) is 15.9 Å². The molecule has 0 fully saturated rings. The first-order valence-electron chi connectivity index (χ1n) is 5.57. The molecule has 0 bridgehead atoms. The van der Waals surface area contributed by atoms with Crippen molar-refractivity contribution in [3.63, 3.8) is 0 Å². The lowest BCUT2D eigenvalue weighted by Gasteiger charge is -2.18. The van der Waals surface area contributed by atoms with Crippen LogP contribution in [0.2, 0.25) is 0 Å². The molecule has 1 rings (SSSR count). The lowest BCUT2D eigenvalue weighted by molar-refractivity contribution is -0.137. The third-order valence-corrected chi connectivity index (χ3v) is 3.60. The molecule has 0 aromatic heterocycles. The second kappa shape index (κ2) is 6.00. The Kier molecular flexibility index (Phi) is 4.90. The normalized spacial score (nSPS) is 10.2. The van der Waals surface area contributed by atoms with Gasteiger partial charge in [0.15, 0.2) is 0 Å². The van der Waals surface area contributed by atoms with Gasteiger partial charge in [-0.3, -0.25) is 9.59 Å². The number of carbonyl (C=O) groups is 2. The van der Waals surface area contributed by atoms with E-state index in [1.165, 1.54) is 4.90 Å². The van der Waals surface area contributed by atoms with Gasteiger partial charge in [0.05, 0.1) is 6.42 Å². The van der Waals surface area contributed by atoms with E-state index in [4.69, 9.17) is 5.11 Å². The lowest BCUT2D eigenvalue weighted by Crippen LogP contribution is -2.29. The summed E-state index contributed by atoms with van der Waals surface area (Å²) in [7, 11) is 1.61. The molecule has 1 amide bonds. The predicted molar refractivity (Wildman–Crippen MR) is 72.8 cm³/mol. The highest BCUT2D eigenvalue weighted by Gasteiger charge is 2.16. The number of nitrogens with zero attached hydrogens (tertiary/aromatic N) is 1. The van der Waals surface area contributed by atoms with Gasteiger partial charge in [-0.1, -0.05) is 15.9 Å². The Bertz CT molecular complexity index is 485. The zero-order chi connectivity index (χ0) is 13.9. The van der Waals surface area contributed by atoms with Gasteiger partial charge in [-0.15, -0.1) is 0 Å². The van der Waals surface area contributed by atoms with Crippen LogP contribution < -0.4 is 0 Å². The van der Waals surface area contributed by atoms with Crippen molar-refractivity contribution < 1.29 is 14.7 Å². The lowest BCUT2D eigenvalue weighted by atomic mass is 10.0. The first-order valence-corrected chi connectivity index (χ1v) is 6.36. The number of aliphatic carboxylic acids is 1. The molecule has 0 unspecified atom stereocenters. The van der Waals surface area contributed by atoms with Crippen LogP contribution in [0.5, 0.6) is 0 Å². The molecule has 0 saturated heterocycles. The summed E-state index contributed by atoms with van der Waals surface area (Å²) in [5.41, 5.74) is 2.47. The van der Waals surface area contributed by atoms with Gasteiger partial charge < -0.3 is 10.0 Å². The summed E-state index contributed by atoms with van der Waals surface area (Å²) in [6.07, 6.45) is -0.0448. The molecular formula is C13H16BrNO3. The third-order valence-electron chi connectivity index (χ3n) is 2.74. The zero-order valence-electron chi connectivity index (χ0n) is 10.7. The van der Waals surface area contributed by atoms with Gasteiger partial charge >= 0.3 is 5.97 Å². The van der Waals surface area contributed by atoms with E-state index < -0.39 is 5.97 Å². The van der Waals surface area contributed by atoms with E-state index in [9.17, 15) is 9.59 Å². The summed E-state index contributed by atoms with van der Waals surface area (Å²) in [6.45, 7) is 3.99. The Balaban J connectivity index is 2.90. The average Bonchev–Trinajstić information content (AvgIpc) is 2.29. The maximum atomic E-state index is 12.2. The van der Waals surface area contributed by atoms with Crippen molar-refractivity contribution in [2.24, 2.45) is 0 Å². The van der Waals surface area contributed by atoms with Crippen LogP contribution in [0.1, 0.15) is 27.9 Å². The largest absolute Gasteiger partial charge is 0.481 e. The number of rotatable bonds is 4. The van der Waals surface area contributed by atoms with Gasteiger partial charge in [-0.05, 0) is 37.1 Å². The number of hydrogen-bond donors (Lipinski definition) is 1. The molecule has 0 aliphatic carbocycles. The molecule has 4 nitrogen and oxygen atoms in total. The summed E-state index contributed by atoms with van der Waals surface area (Å²) >= 11 is 3.41. The van der Waals surface area contributed by atoms with Crippen molar-refractivity contribution in [3.05, 3.63) is 33.3 Å². The Morgan fingerprint density at radius 3 is 2.44 bits per heavy atom. The highest BCUT2D eigenvalue weighted by atomic mass is 79.9. The summed E-state index contributed by atoms with van der Waals surface area (Å²) in [5, 5.41) is 8.61. The number of carboxylic acids is 1. The standard InChI is InChI=1S/C13H16BrNO3/c1-8-7-11(14)9(2)6-10(8)13(18)15(3)5-4-12(16)17/h6-7H,4-5H2,1-3H3,(H,16,17). The fraction of sp³-hybridized carbons (Fsp3) is 0.385. The molecule has 0 aliphatic rings. The molecule has 0 saturated carbocycles. The van der Waals surface area contributed by atoms with Gasteiger partial charge in [0.25, 0.3) is 5.91 Å². The van der Waals surface area contributed by atoms with Gasteiger partial charge in [-0.2, -0.15) is 0 Å². The van der Waals surface area contributed by atoms with Crippen LogP contribution in [-0.2, 0) is 4.79 Å². The van der Waals surface area contributed by atoms with E-state index in [1.54, 1.807) is 7.05 Å². The van der Waals surface area contributed by atoms with Crippen molar-refractivity contribution in [2.75, 3.05) is 13.6 Å². The minimum absolute atomic E-state index is 0.0448. The second-order valence-electron chi connectivity index (χ2n) is 4.29. The molecule has 0 aliphatic heterocycles. The van der Waals surface area contributed by atoms with Crippen molar-refractivity contribution in [1.82, 2.24) is 4.90 Å². The van der Waals surface area contributed by atoms with Crippen LogP contribution in [0.3, 0.4) is 0 Å². The minimum Gasteiger partial charge on any atom is -0.481 e. The van der Waals surface area contributed by atoms with Gasteiger partial charge in [0.2, 0.25) is 0 Å².